The summed E-state index contributed by atoms with van der Waals surface area (Å²) < 4.78 is 2.29. The number of fused-ring (bicyclic) bond motifs is 2. The summed E-state index contributed by atoms with van der Waals surface area (Å²) in [6.07, 6.45) is 1.56. The van der Waals surface area contributed by atoms with E-state index in [0.717, 1.165) is 36.2 Å². The third-order valence-corrected chi connectivity index (χ3v) is 6.20. The molecule has 0 aliphatic heterocycles. The highest BCUT2D eigenvalue weighted by Crippen LogP contribution is 2.22. The van der Waals surface area contributed by atoms with Crippen molar-refractivity contribution in [3.8, 4) is 0 Å². The Balaban J connectivity index is 1.32. The molecule has 0 radical (unpaired) electrons. The number of hydrogen-bond donors (Lipinski definition) is 1. The van der Waals surface area contributed by atoms with Gasteiger partial charge in [-0.05, 0) is 53.1 Å². The minimum absolute atomic E-state index is 0.148. The van der Waals surface area contributed by atoms with E-state index in [2.05, 4.69) is 70.5 Å². The van der Waals surface area contributed by atoms with Gasteiger partial charge in [0.1, 0.15) is 5.82 Å². The lowest BCUT2D eigenvalue weighted by molar-refractivity contribution is 0.0953. The number of aryl methyl sites for hydroxylation is 1. The molecule has 0 unspecified atom stereocenters. The highest BCUT2D eigenvalue weighted by Gasteiger charge is 2.12. The van der Waals surface area contributed by atoms with Crippen LogP contribution in [0.5, 0.6) is 0 Å². The van der Waals surface area contributed by atoms with Crippen LogP contribution in [0, 0.1) is 0 Å². The molecule has 0 atom stereocenters. The highest BCUT2D eigenvalue weighted by atomic mass is 35.5. The van der Waals surface area contributed by atoms with Crippen LogP contribution in [0.1, 0.15) is 28.2 Å². The monoisotopic (exact) mass is 453 g/mol. The van der Waals surface area contributed by atoms with Crippen LogP contribution in [0.2, 0.25) is 5.02 Å². The van der Waals surface area contributed by atoms with Gasteiger partial charge in [0.05, 0.1) is 21.6 Å². The summed E-state index contributed by atoms with van der Waals surface area (Å²) in [5.41, 5.74) is 3.86. The fourth-order valence-electron chi connectivity index (χ4n) is 4.20. The first kappa shape index (κ1) is 21.2. The van der Waals surface area contributed by atoms with E-state index in [1.165, 1.54) is 16.3 Å². The Morgan fingerprint density at radius 2 is 1.64 bits per heavy atom. The zero-order valence-corrected chi connectivity index (χ0v) is 18.9. The van der Waals surface area contributed by atoms with Crippen molar-refractivity contribution in [3.63, 3.8) is 0 Å². The zero-order valence-electron chi connectivity index (χ0n) is 18.2. The Bertz CT molecular complexity index is 1440. The van der Waals surface area contributed by atoms with Gasteiger partial charge in [-0.15, -0.1) is 0 Å². The molecule has 0 spiro atoms. The van der Waals surface area contributed by atoms with Gasteiger partial charge in [0, 0.05) is 19.5 Å². The number of rotatable bonds is 7. The first-order valence-corrected chi connectivity index (χ1v) is 11.5. The van der Waals surface area contributed by atoms with E-state index in [1.807, 2.05) is 18.2 Å². The number of benzene rings is 4. The van der Waals surface area contributed by atoms with Crippen LogP contribution in [0.3, 0.4) is 0 Å². The molecule has 0 bridgehead atoms. The van der Waals surface area contributed by atoms with Crippen molar-refractivity contribution in [2.45, 2.75) is 19.4 Å². The molecule has 1 aromatic heterocycles. The van der Waals surface area contributed by atoms with E-state index < -0.39 is 0 Å². The summed E-state index contributed by atoms with van der Waals surface area (Å²) in [4.78, 5) is 17.3. The molecule has 0 fully saturated rings. The summed E-state index contributed by atoms with van der Waals surface area (Å²) in [6.45, 7) is 1.32. The summed E-state index contributed by atoms with van der Waals surface area (Å²) in [5, 5.41) is 5.92. The van der Waals surface area contributed by atoms with E-state index in [1.54, 1.807) is 12.1 Å². The van der Waals surface area contributed by atoms with Crippen molar-refractivity contribution in [3.05, 3.63) is 113 Å². The molecule has 164 valence electrons. The number of amides is 1. The summed E-state index contributed by atoms with van der Waals surface area (Å²) >= 11 is 6.13. The maximum Gasteiger partial charge on any atom is 0.252 e. The molecular weight excluding hydrogens is 430 g/mol. The van der Waals surface area contributed by atoms with Crippen molar-refractivity contribution < 1.29 is 4.79 Å². The Kier molecular flexibility index (Phi) is 6.09. The van der Waals surface area contributed by atoms with Gasteiger partial charge < -0.3 is 9.88 Å². The number of nitrogens with one attached hydrogen (secondary N) is 1. The third kappa shape index (κ3) is 4.62. The van der Waals surface area contributed by atoms with Gasteiger partial charge >= 0.3 is 0 Å². The van der Waals surface area contributed by atoms with E-state index in [4.69, 9.17) is 16.6 Å². The maximum absolute atomic E-state index is 12.4. The van der Waals surface area contributed by atoms with Gasteiger partial charge in [-0.1, -0.05) is 72.3 Å². The van der Waals surface area contributed by atoms with Crippen LogP contribution in [-0.2, 0) is 13.0 Å². The molecule has 1 amide bonds. The van der Waals surface area contributed by atoms with Gasteiger partial charge in [0.25, 0.3) is 5.91 Å². The molecule has 1 heterocycles. The average Bonchev–Trinajstić information content (AvgIpc) is 3.19. The lowest BCUT2D eigenvalue weighted by atomic mass is 10.1. The quantitative estimate of drug-likeness (QED) is 0.296. The predicted molar refractivity (Wildman–Crippen MR) is 135 cm³/mol. The van der Waals surface area contributed by atoms with Crippen molar-refractivity contribution in [1.29, 1.82) is 0 Å². The summed E-state index contributed by atoms with van der Waals surface area (Å²) in [7, 11) is 0. The second kappa shape index (κ2) is 9.47. The number of imidazole rings is 1. The number of aromatic nitrogens is 2. The van der Waals surface area contributed by atoms with Crippen molar-refractivity contribution in [2.24, 2.45) is 0 Å². The fourth-order valence-corrected chi connectivity index (χ4v) is 4.42. The second-order valence-electron chi connectivity index (χ2n) is 8.12. The number of para-hydroxylation sites is 2. The molecule has 5 heteroatoms. The SMILES string of the molecule is O=C(NCCCc1nc2ccccc2n1Cc1ccc2ccccc2c1)c1ccccc1Cl. The molecular formula is C28H24ClN3O. The topological polar surface area (TPSA) is 46.9 Å². The van der Waals surface area contributed by atoms with Crippen LogP contribution in [-0.4, -0.2) is 22.0 Å². The summed E-state index contributed by atoms with van der Waals surface area (Å²) in [5.74, 6) is 0.876. The predicted octanol–water partition coefficient (Wildman–Crippen LogP) is 6.25. The Labute approximate surface area is 197 Å². The van der Waals surface area contributed by atoms with Gasteiger partial charge in [-0.2, -0.15) is 0 Å². The Morgan fingerprint density at radius 3 is 2.52 bits per heavy atom. The van der Waals surface area contributed by atoms with Crippen LogP contribution in [0.25, 0.3) is 21.8 Å². The maximum atomic E-state index is 12.4. The molecule has 0 aliphatic rings. The van der Waals surface area contributed by atoms with E-state index in [9.17, 15) is 4.79 Å². The molecule has 4 aromatic carbocycles. The molecule has 1 N–H and O–H groups in total. The van der Waals surface area contributed by atoms with Crippen LogP contribution in [0.15, 0.2) is 91.0 Å². The van der Waals surface area contributed by atoms with Crippen LogP contribution in [0.4, 0.5) is 0 Å². The highest BCUT2D eigenvalue weighted by molar-refractivity contribution is 6.33. The third-order valence-electron chi connectivity index (χ3n) is 5.87. The standard InChI is InChI=1S/C28H24ClN3O/c29-24-11-4-3-10-23(24)28(33)30-17-7-14-27-31-25-12-5-6-13-26(25)32(27)19-20-15-16-21-8-1-2-9-22(21)18-20/h1-6,8-13,15-16,18H,7,14,17,19H2,(H,30,33). The Morgan fingerprint density at radius 1 is 0.879 bits per heavy atom. The fraction of sp³-hybridized carbons (Fsp3) is 0.143. The number of carbonyl (C=O) groups excluding carboxylic acids is 1. The van der Waals surface area contributed by atoms with Gasteiger partial charge in [0.15, 0.2) is 0 Å². The van der Waals surface area contributed by atoms with Gasteiger partial charge in [-0.3, -0.25) is 4.79 Å². The lowest BCUT2D eigenvalue weighted by Crippen LogP contribution is -2.25. The number of nitrogens with zero attached hydrogens (tertiary/aromatic N) is 2. The van der Waals surface area contributed by atoms with Gasteiger partial charge in [-0.25, -0.2) is 4.98 Å². The van der Waals surface area contributed by atoms with Crippen LogP contribution < -0.4 is 5.32 Å². The molecule has 33 heavy (non-hydrogen) atoms. The molecule has 5 rings (SSSR count). The van der Waals surface area contributed by atoms with E-state index >= 15 is 0 Å². The minimum atomic E-state index is -0.148. The molecule has 5 aromatic rings. The molecule has 4 nitrogen and oxygen atoms in total. The molecule has 0 aliphatic carbocycles. The number of carbonyl (C=O) groups is 1. The average molecular weight is 454 g/mol. The van der Waals surface area contributed by atoms with E-state index in [-0.39, 0.29) is 5.91 Å². The Hall–Kier alpha value is -3.63. The second-order valence-corrected chi connectivity index (χ2v) is 8.53. The molecule has 0 saturated heterocycles. The van der Waals surface area contributed by atoms with Crippen molar-refractivity contribution >= 4 is 39.3 Å². The first-order valence-electron chi connectivity index (χ1n) is 11.1. The number of halogens is 1. The number of hydrogen-bond acceptors (Lipinski definition) is 2. The lowest BCUT2D eigenvalue weighted by Gasteiger charge is -2.11. The van der Waals surface area contributed by atoms with Crippen molar-refractivity contribution in [1.82, 2.24) is 14.9 Å². The minimum Gasteiger partial charge on any atom is -0.352 e. The normalized spacial score (nSPS) is 11.2. The summed E-state index contributed by atoms with van der Waals surface area (Å²) in [6, 6.07) is 30.4. The first-order chi connectivity index (χ1) is 16.2. The largest absolute Gasteiger partial charge is 0.352 e. The molecule has 0 saturated carbocycles. The smallest absolute Gasteiger partial charge is 0.252 e. The van der Waals surface area contributed by atoms with E-state index in [0.29, 0.717) is 17.1 Å². The van der Waals surface area contributed by atoms with Crippen molar-refractivity contribution in [2.75, 3.05) is 6.54 Å². The van der Waals surface area contributed by atoms with Gasteiger partial charge in [0.2, 0.25) is 0 Å². The zero-order chi connectivity index (χ0) is 22.6. The van der Waals surface area contributed by atoms with Crippen LogP contribution >= 0.6 is 11.6 Å².